The van der Waals surface area contributed by atoms with E-state index in [-0.39, 0.29) is 0 Å². The molecular weight excluding hydrogens is 256 g/mol. The lowest BCUT2D eigenvalue weighted by atomic mass is 10.2. The molecule has 92 valence electrons. The summed E-state index contributed by atoms with van der Waals surface area (Å²) in [4.78, 5) is 4.32. The molecule has 2 N–H and O–H groups in total. The Kier molecular flexibility index (Phi) is 2.10. The molecule has 2 aromatic heterocycles. The van der Waals surface area contributed by atoms with Crippen molar-refractivity contribution in [2.24, 2.45) is 0 Å². The molecule has 4 aromatic rings. The van der Waals surface area contributed by atoms with Crippen molar-refractivity contribution in [1.29, 1.82) is 0 Å². The molecule has 0 bridgehead atoms. The van der Waals surface area contributed by atoms with Crippen LogP contribution < -0.4 is 5.73 Å². The van der Waals surface area contributed by atoms with Gasteiger partial charge in [0, 0.05) is 5.39 Å². The van der Waals surface area contributed by atoms with E-state index in [0.717, 1.165) is 26.8 Å². The van der Waals surface area contributed by atoms with Crippen LogP contribution in [0.3, 0.4) is 0 Å². The Bertz CT molecular complexity index is 891. The summed E-state index contributed by atoms with van der Waals surface area (Å²) in [6.45, 7) is 0. The van der Waals surface area contributed by atoms with Crippen molar-refractivity contribution in [3.8, 4) is 5.69 Å². The van der Waals surface area contributed by atoms with Crippen LogP contribution in [0.25, 0.3) is 26.8 Å². The zero-order valence-electron chi connectivity index (χ0n) is 9.95. The van der Waals surface area contributed by atoms with Crippen LogP contribution in [0.15, 0.2) is 48.1 Å². The Morgan fingerprint density at radius 3 is 2.95 bits per heavy atom. The predicted molar refractivity (Wildman–Crippen MR) is 78.7 cm³/mol. The number of fused-ring (bicyclic) bond motifs is 2. The SMILES string of the molecule is Nc1c(-n2ncc3ccccc32)ccc2scnc12. The van der Waals surface area contributed by atoms with Crippen LogP contribution in [-0.4, -0.2) is 14.8 Å². The van der Waals surface area contributed by atoms with Crippen LogP contribution >= 0.6 is 11.3 Å². The molecule has 0 spiro atoms. The number of para-hydroxylation sites is 1. The van der Waals surface area contributed by atoms with Crippen LogP contribution in [0, 0.1) is 0 Å². The van der Waals surface area contributed by atoms with Gasteiger partial charge in [0.05, 0.1) is 33.3 Å². The van der Waals surface area contributed by atoms with E-state index in [1.807, 2.05) is 52.8 Å². The number of thiazole rings is 1. The molecule has 0 amide bonds. The minimum absolute atomic E-state index is 0.674. The van der Waals surface area contributed by atoms with Crippen LogP contribution in [0.4, 0.5) is 5.69 Å². The molecule has 19 heavy (non-hydrogen) atoms. The van der Waals surface area contributed by atoms with Crippen LogP contribution in [0.2, 0.25) is 0 Å². The molecule has 0 atom stereocenters. The van der Waals surface area contributed by atoms with Gasteiger partial charge in [0.15, 0.2) is 0 Å². The highest BCUT2D eigenvalue weighted by Gasteiger charge is 2.11. The number of anilines is 1. The largest absolute Gasteiger partial charge is 0.395 e. The molecule has 0 aliphatic rings. The van der Waals surface area contributed by atoms with E-state index in [2.05, 4.69) is 10.1 Å². The number of nitrogens with two attached hydrogens (primary N) is 1. The molecular formula is C14H10N4S. The number of hydrogen-bond donors (Lipinski definition) is 1. The molecule has 0 fully saturated rings. The zero-order valence-corrected chi connectivity index (χ0v) is 10.8. The Hall–Kier alpha value is -2.40. The molecule has 0 radical (unpaired) electrons. The summed E-state index contributed by atoms with van der Waals surface area (Å²) in [6, 6.07) is 12.1. The molecule has 0 saturated carbocycles. The standard InChI is InChI=1S/C14H10N4S/c15-13-11(5-6-12-14(13)16-8-19-12)18-10-4-2-1-3-9(10)7-17-18/h1-8H,15H2. The van der Waals surface area contributed by atoms with Gasteiger partial charge in [-0.25, -0.2) is 9.67 Å². The van der Waals surface area contributed by atoms with Crippen molar-refractivity contribution < 1.29 is 0 Å². The minimum Gasteiger partial charge on any atom is -0.395 e. The van der Waals surface area contributed by atoms with E-state index in [0.29, 0.717) is 5.69 Å². The van der Waals surface area contributed by atoms with Gasteiger partial charge in [0.25, 0.3) is 0 Å². The zero-order chi connectivity index (χ0) is 12.8. The highest BCUT2D eigenvalue weighted by Crippen LogP contribution is 2.30. The molecule has 0 aliphatic heterocycles. The van der Waals surface area contributed by atoms with Crippen molar-refractivity contribution in [3.05, 3.63) is 48.1 Å². The molecule has 0 unspecified atom stereocenters. The molecule has 4 nitrogen and oxygen atoms in total. The average molecular weight is 266 g/mol. The number of aromatic nitrogens is 3. The quantitative estimate of drug-likeness (QED) is 0.538. The Labute approximate surface area is 113 Å². The molecule has 2 aromatic carbocycles. The first-order valence-electron chi connectivity index (χ1n) is 5.89. The average Bonchev–Trinajstić information content (AvgIpc) is 3.06. The summed E-state index contributed by atoms with van der Waals surface area (Å²) >= 11 is 1.59. The Balaban J connectivity index is 2.06. The first-order chi connectivity index (χ1) is 9.34. The molecule has 4 rings (SSSR count). The lowest BCUT2D eigenvalue weighted by molar-refractivity contribution is 0.914. The van der Waals surface area contributed by atoms with E-state index in [1.165, 1.54) is 0 Å². The van der Waals surface area contributed by atoms with Gasteiger partial charge in [-0.3, -0.25) is 0 Å². The lowest BCUT2D eigenvalue weighted by Crippen LogP contribution is -2.01. The van der Waals surface area contributed by atoms with Gasteiger partial charge in [-0.2, -0.15) is 5.10 Å². The van der Waals surface area contributed by atoms with Gasteiger partial charge >= 0.3 is 0 Å². The van der Waals surface area contributed by atoms with Crippen LogP contribution in [0.1, 0.15) is 0 Å². The van der Waals surface area contributed by atoms with Gasteiger partial charge in [0.1, 0.15) is 5.52 Å². The van der Waals surface area contributed by atoms with Crippen LogP contribution in [-0.2, 0) is 0 Å². The van der Waals surface area contributed by atoms with Gasteiger partial charge in [0.2, 0.25) is 0 Å². The van der Waals surface area contributed by atoms with E-state index < -0.39 is 0 Å². The summed E-state index contributed by atoms with van der Waals surface area (Å²) in [7, 11) is 0. The fourth-order valence-electron chi connectivity index (χ4n) is 2.29. The predicted octanol–water partition coefficient (Wildman–Crippen LogP) is 3.22. The highest BCUT2D eigenvalue weighted by atomic mass is 32.1. The smallest absolute Gasteiger partial charge is 0.106 e. The maximum absolute atomic E-state index is 6.23. The van der Waals surface area contributed by atoms with E-state index >= 15 is 0 Å². The molecule has 2 heterocycles. The maximum atomic E-state index is 6.23. The van der Waals surface area contributed by atoms with Crippen molar-refractivity contribution in [2.75, 3.05) is 5.73 Å². The molecule has 0 saturated heterocycles. The molecule has 0 aliphatic carbocycles. The highest BCUT2D eigenvalue weighted by molar-refractivity contribution is 7.16. The second kappa shape index (κ2) is 3.80. The number of hydrogen-bond acceptors (Lipinski definition) is 4. The third-order valence-corrected chi connectivity index (χ3v) is 4.02. The van der Waals surface area contributed by atoms with Crippen molar-refractivity contribution in [2.45, 2.75) is 0 Å². The third-order valence-electron chi connectivity index (χ3n) is 3.22. The lowest BCUT2D eigenvalue weighted by Gasteiger charge is -2.07. The van der Waals surface area contributed by atoms with Gasteiger partial charge in [-0.15, -0.1) is 11.3 Å². The monoisotopic (exact) mass is 266 g/mol. The van der Waals surface area contributed by atoms with Gasteiger partial charge in [-0.1, -0.05) is 18.2 Å². The number of rotatable bonds is 1. The van der Waals surface area contributed by atoms with Crippen molar-refractivity contribution in [3.63, 3.8) is 0 Å². The topological polar surface area (TPSA) is 56.7 Å². The van der Waals surface area contributed by atoms with E-state index in [9.17, 15) is 0 Å². The Morgan fingerprint density at radius 1 is 1.11 bits per heavy atom. The fourth-order valence-corrected chi connectivity index (χ4v) is 2.98. The maximum Gasteiger partial charge on any atom is 0.106 e. The first kappa shape index (κ1) is 10.5. The number of nitrogens with zero attached hydrogens (tertiary/aromatic N) is 3. The Morgan fingerprint density at radius 2 is 2.00 bits per heavy atom. The van der Waals surface area contributed by atoms with Gasteiger partial charge in [-0.05, 0) is 18.2 Å². The van der Waals surface area contributed by atoms with Crippen molar-refractivity contribution in [1.82, 2.24) is 14.8 Å². The normalized spacial score (nSPS) is 11.4. The summed E-state index contributed by atoms with van der Waals surface area (Å²) in [6.07, 6.45) is 1.85. The second-order valence-corrected chi connectivity index (χ2v) is 5.20. The minimum atomic E-state index is 0.674. The first-order valence-corrected chi connectivity index (χ1v) is 6.77. The number of benzene rings is 2. The molecule has 5 heteroatoms. The van der Waals surface area contributed by atoms with Crippen LogP contribution in [0.5, 0.6) is 0 Å². The summed E-state index contributed by atoms with van der Waals surface area (Å²) in [5.41, 5.74) is 11.5. The summed E-state index contributed by atoms with van der Waals surface area (Å²) in [5.74, 6) is 0. The second-order valence-electron chi connectivity index (χ2n) is 4.31. The summed E-state index contributed by atoms with van der Waals surface area (Å²) < 4.78 is 2.96. The third kappa shape index (κ3) is 1.45. The number of nitrogen functional groups attached to an aromatic ring is 1. The summed E-state index contributed by atoms with van der Waals surface area (Å²) in [5, 5.41) is 5.53. The van der Waals surface area contributed by atoms with E-state index in [4.69, 9.17) is 5.73 Å². The van der Waals surface area contributed by atoms with Gasteiger partial charge < -0.3 is 5.73 Å². The van der Waals surface area contributed by atoms with E-state index in [1.54, 1.807) is 11.3 Å². The van der Waals surface area contributed by atoms with Crippen molar-refractivity contribution >= 4 is 38.1 Å². The fraction of sp³-hybridized carbons (Fsp3) is 0.